The largest absolute Gasteiger partial charge is 0.476 e. The molecule has 2 heterocycles. The number of carbonyl (C=O) groups is 2. The van der Waals surface area contributed by atoms with Crippen LogP contribution in [-0.2, 0) is 9.59 Å². The van der Waals surface area contributed by atoms with E-state index in [0.717, 1.165) is 0 Å². The van der Waals surface area contributed by atoms with Crippen LogP contribution in [0, 0.1) is 0 Å². The lowest BCUT2D eigenvalue weighted by Gasteiger charge is -1.92. The number of nitrogen functional groups attached to an aromatic ring is 2. The van der Waals surface area contributed by atoms with Crippen molar-refractivity contribution in [3.63, 3.8) is 0 Å². The Hall–Kier alpha value is -2.08. The second-order valence-electron chi connectivity index (χ2n) is 3.87. The molecule has 2 aromatic heterocycles. The summed E-state index contributed by atoms with van der Waals surface area (Å²) in [5, 5.41) is 11.9. The Kier molecular flexibility index (Phi) is 9.82. The van der Waals surface area contributed by atoms with Crippen LogP contribution in [-0.4, -0.2) is 51.8 Å². The summed E-state index contributed by atoms with van der Waals surface area (Å²) in [5.41, 5.74) is 11.5. The third kappa shape index (κ3) is 6.74. The van der Waals surface area contributed by atoms with E-state index in [-0.39, 0.29) is 23.8 Å². The third-order valence-electron chi connectivity index (χ3n) is 2.37. The van der Waals surface area contributed by atoms with Gasteiger partial charge < -0.3 is 16.6 Å². The number of hydrogen-bond donors (Lipinski definition) is 3. The molecule has 0 amide bonds. The summed E-state index contributed by atoms with van der Waals surface area (Å²) in [6, 6.07) is 0. The fourth-order valence-electron chi connectivity index (χ4n) is 1.42. The molecule has 2 rings (SSSR count). The molecule has 0 aliphatic heterocycles. The summed E-state index contributed by atoms with van der Waals surface area (Å²) < 4.78 is 0. The number of thiazole rings is 2. The molecule has 0 aliphatic rings. The van der Waals surface area contributed by atoms with E-state index in [0.29, 0.717) is 21.7 Å². The summed E-state index contributed by atoms with van der Waals surface area (Å²) in [4.78, 5) is 36.2. The highest BCUT2D eigenvalue weighted by Gasteiger charge is 2.14. The van der Waals surface area contributed by atoms with Crippen molar-refractivity contribution in [1.82, 2.24) is 9.97 Å². The van der Waals surface area contributed by atoms with Crippen molar-refractivity contribution in [2.45, 2.75) is 0 Å². The van der Waals surface area contributed by atoms with E-state index in [1.54, 1.807) is 10.8 Å². The van der Waals surface area contributed by atoms with Gasteiger partial charge in [-0.05, 0) is 11.6 Å². The predicted octanol–water partition coefficient (Wildman–Crippen LogP) is 1.56. The van der Waals surface area contributed by atoms with Gasteiger partial charge in [0.25, 0.3) is 5.24 Å². The van der Waals surface area contributed by atoms with Gasteiger partial charge in [-0.25, -0.2) is 14.8 Å². The SMILES string of the molecule is CN=C(C(=O)Cl)c1csc(N)n1.CN=C(C(=O)O)c1csc(N)n1.Cl. The molecular formula is C12H14Cl2N6O3S2. The molecule has 0 atom stereocenters. The van der Waals surface area contributed by atoms with Crippen molar-refractivity contribution < 1.29 is 14.7 Å². The van der Waals surface area contributed by atoms with E-state index in [1.165, 1.54) is 36.8 Å². The number of hydrogen-bond acceptors (Lipinski definition) is 10. The number of rotatable bonds is 4. The Morgan fingerprint density at radius 1 is 1.04 bits per heavy atom. The van der Waals surface area contributed by atoms with Crippen LogP contribution in [0.5, 0.6) is 0 Å². The molecule has 5 N–H and O–H groups in total. The first-order valence-corrected chi connectivity index (χ1v) is 8.23. The Bertz CT molecular complexity index is 736. The first-order chi connectivity index (χ1) is 11.3. The van der Waals surface area contributed by atoms with Crippen molar-refractivity contribution in [3.8, 4) is 0 Å². The van der Waals surface area contributed by atoms with Crippen LogP contribution in [0.2, 0.25) is 0 Å². The van der Waals surface area contributed by atoms with E-state index >= 15 is 0 Å². The average molecular weight is 425 g/mol. The van der Waals surface area contributed by atoms with Crippen LogP contribution in [0.1, 0.15) is 11.4 Å². The zero-order chi connectivity index (χ0) is 18.3. The fraction of sp³-hybridized carbons (Fsp3) is 0.167. The van der Waals surface area contributed by atoms with Gasteiger partial charge in [-0.2, -0.15) is 0 Å². The van der Waals surface area contributed by atoms with Crippen LogP contribution < -0.4 is 11.5 Å². The molecule has 2 aromatic rings. The number of aliphatic carboxylic acids is 1. The van der Waals surface area contributed by atoms with Crippen LogP contribution in [0.3, 0.4) is 0 Å². The molecule has 0 bridgehead atoms. The third-order valence-corrected chi connectivity index (χ3v) is 3.89. The first-order valence-electron chi connectivity index (χ1n) is 6.09. The van der Waals surface area contributed by atoms with Crippen LogP contribution in [0.15, 0.2) is 20.7 Å². The van der Waals surface area contributed by atoms with E-state index in [2.05, 4.69) is 20.0 Å². The molecule has 0 saturated carbocycles. The second kappa shape index (κ2) is 10.7. The Labute approximate surface area is 161 Å². The number of aliphatic imine (C=N–C) groups is 2. The monoisotopic (exact) mass is 424 g/mol. The fourth-order valence-corrected chi connectivity index (χ4v) is 2.69. The molecule has 0 unspecified atom stereocenters. The highest BCUT2D eigenvalue weighted by molar-refractivity contribution is 7.14. The number of halogens is 2. The van der Waals surface area contributed by atoms with Gasteiger partial charge in [0.1, 0.15) is 17.1 Å². The number of carbonyl (C=O) groups excluding carboxylic acids is 1. The maximum atomic E-state index is 10.7. The van der Waals surface area contributed by atoms with Gasteiger partial charge in [0.05, 0.1) is 0 Å². The molecule has 0 aliphatic carbocycles. The highest BCUT2D eigenvalue weighted by Crippen LogP contribution is 2.13. The smallest absolute Gasteiger partial charge is 0.356 e. The number of carboxylic acid groups (broad SMARTS) is 1. The van der Waals surface area contributed by atoms with E-state index in [4.69, 9.17) is 28.2 Å². The van der Waals surface area contributed by atoms with E-state index < -0.39 is 11.2 Å². The Morgan fingerprint density at radius 2 is 1.44 bits per heavy atom. The molecule has 0 saturated heterocycles. The van der Waals surface area contributed by atoms with Crippen molar-refractivity contribution in [2.24, 2.45) is 9.98 Å². The summed E-state index contributed by atoms with van der Waals surface area (Å²) in [6.07, 6.45) is 0. The maximum absolute atomic E-state index is 10.7. The topological polar surface area (TPSA) is 157 Å². The lowest BCUT2D eigenvalue weighted by atomic mass is 10.3. The first kappa shape index (κ1) is 22.9. The van der Waals surface area contributed by atoms with Crippen LogP contribution >= 0.6 is 46.7 Å². The molecule has 9 nitrogen and oxygen atoms in total. The van der Waals surface area contributed by atoms with Crippen molar-refractivity contribution in [3.05, 3.63) is 22.1 Å². The van der Waals surface area contributed by atoms with Crippen molar-refractivity contribution in [2.75, 3.05) is 25.6 Å². The van der Waals surface area contributed by atoms with Gasteiger partial charge in [0, 0.05) is 24.9 Å². The minimum Gasteiger partial charge on any atom is -0.476 e. The van der Waals surface area contributed by atoms with Gasteiger partial charge in [0.15, 0.2) is 16.0 Å². The standard InChI is InChI=1S/C6H6ClN3OS.C6H7N3O2S.ClH/c1-9-4(5(7)11)3-2-12-6(8)10-3;1-8-4(5(10)11)3-2-12-6(7)9-3;/h2H,1H3,(H2,8,10);2H,1H3,(H2,7,9)(H,10,11);1H. The average Bonchev–Trinajstić information content (AvgIpc) is 3.10. The summed E-state index contributed by atoms with van der Waals surface area (Å²) >= 11 is 7.67. The molecule has 25 heavy (non-hydrogen) atoms. The lowest BCUT2D eigenvalue weighted by Crippen LogP contribution is -2.14. The normalized spacial score (nSPS) is 11.2. The number of nitrogens with zero attached hydrogens (tertiary/aromatic N) is 4. The molecule has 0 radical (unpaired) electrons. The molecule has 0 aromatic carbocycles. The van der Waals surface area contributed by atoms with Gasteiger partial charge in [-0.1, -0.05) is 0 Å². The number of aromatic nitrogens is 2. The highest BCUT2D eigenvalue weighted by atomic mass is 35.5. The summed E-state index contributed by atoms with van der Waals surface area (Å²) in [6.45, 7) is 0. The van der Waals surface area contributed by atoms with E-state index in [1.807, 2.05) is 0 Å². The summed E-state index contributed by atoms with van der Waals surface area (Å²) in [7, 11) is 2.88. The van der Waals surface area contributed by atoms with Crippen LogP contribution in [0.4, 0.5) is 10.3 Å². The number of anilines is 2. The van der Waals surface area contributed by atoms with Gasteiger partial charge in [-0.3, -0.25) is 14.8 Å². The lowest BCUT2D eigenvalue weighted by molar-refractivity contribution is -0.129. The second-order valence-corrected chi connectivity index (χ2v) is 5.99. The quantitative estimate of drug-likeness (QED) is 0.495. The van der Waals surface area contributed by atoms with Crippen molar-refractivity contribution in [1.29, 1.82) is 0 Å². The Morgan fingerprint density at radius 3 is 1.68 bits per heavy atom. The molecule has 136 valence electrons. The number of carboxylic acids is 1. The predicted molar refractivity (Wildman–Crippen MR) is 104 cm³/mol. The van der Waals surface area contributed by atoms with Gasteiger partial charge >= 0.3 is 5.97 Å². The summed E-state index contributed by atoms with van der Waals surface area (Å²) in [5.74, 6) is -1.09. The minimum absolute atomic E-state index is 0. The van der Waals surface area contributed by atoms with Crippen LogP contribution in [0.25, 0.3) is 0 Å². The van der Waals surface area contributed by atoms with E-state index in [9.17, 15) is 9.59 Å². The molecule has 0 spiro atoms. The number of nitrogens with two attached hydrogens (primary N) is 2. The molecular weight excluding hydrogens is 411 g/mol. The molecule has 0 fully saturated rings. The Balaban J connectivity index is 0.000000443. The minimum atomic E-state index is -1.09. The van der Waals surface area contributed by atoms with Gasteiger partial charge in [-0.15, -0.1) is 35.1 Å². The zero-order valence-electron chi connectivity index (χ0n) is 13.0. The maximum Gasteiger partial charge on any atom is 0.356 e. The van der Waals surface area contributed by atoms with Crippen molar-refractivity contribution >= 4 is 79.6 Å². The zero-order valence-corrected chi connectivity index (χ0v) is 16.2. The molecule has 13 heteroatoms. The van der Waals surface area contributed by atoms with Gasteiger partial charge in [0.2, 0.25) is 0 Å².